The van der Waals surface area contributed by atoms with E-state index >= 15 is 0 Å². The first kappa shape index (κ1) is 26.8. The Morgan fingerprint density at radius 3 is 1.62 bits per heavy atom. The van der Waals surface area contributed by atoms with Crippen molar-refractivity contribution in [3.63, 3.8) is 0 Å². The van der Waals surface area contributed by atoms with Gasteiger partial charge in [-0.05, 0) is 87.8 Å². The van der Waals surface area contributed by atoms with Gasteiger partial charge in [-0.3, -0.25) is 0 Å². The number of benzene rings is 2. The Bertz CT molecular complexity index is 962. The highest BCUT2D eigenvalue weighted by atomic mass is 28.4. The lowest BCUT2D eigenvalue weighted by Crippen LogP contribution is -2.54. The largest absolute Gasteiger partial charge is 0.416 e. The van der Waals surface area contributed by atoms with Gasteiger partial charge in [0.25, 0.3) is 0 Å². The molecule has 0 aromatic heterocycles. The summed E-state index contributed by atoms with van der Waals surface area (Å²) < 4.78 is 89.7. The number of aryl methyl sites for hydroxylation is 2. The molecule has 0 spiro atoms. The first-order chi connectivity index (χ1) is 15.6. The summed E-state index contributed by atoms with van der Waals surface area (Å²) in [7, 11) is -2.51. The van der Waals surface area contributed by atoms with Gasteiger partial charge in [-0.2, -0.15) is 26.3 Å². The van der Waals surface area contributed by atoms with Crippen LogP contribution in [-0.4, -0.2) is 20.9 Å². The molecule has 1 saturated heterocycles. The molecule has 34 heavy (non-hydrogen) atoms. The van der Waals surface area contributed by atoms with Crippen LogP contribution in [0, 0.1) is 13.8 Å². The zero-order valence-electron chi connectivity index (χ0n) is 20.0. The summed E-state index contributed by atoms with van der Waals surface area (Å²) in [4.78, 5) is 0. The third-order valence-corrected chi connectivity index (χ3v) is 9.08. The molecule has 0 saturated carbocycles. The Morgan fingerprint density at radius 1 is 0.824 bits per heavy atom. The summed E-state index contributed by atoms with van der Waals surface area (Å²) in [5.41, 5.74) is -1.98. The van der Waals surface area contributed by atoms with Crippen LogP contribution in [0.4, 0.5) is 26.3 Å². The third-order valence-electron chi connectivity index (χ3n) is 6.51. The van der Waals surface area contributed by atoms with Crippen LogP contribution in [0.15, 0.2) is 36.4 Å². The maximum absolute atomic E-state index is 13.8. The van der Waals surface area contributed by atoms with Crippen molar-refractivity contribution >= 4 is 8.32 Å². The minimum absolute atomic E-state index is 0.229. The highest BCUT2D eigenvalue weighted by molar-refractivity contribution is 6.71. The molecule has 1 heterocycles. The maximum atomic E-state index is 13.8. The molecular formula is C25H31F6NOSi. The lowest BCUT2D eigenvalue weighted by molar-refractivity contribution is -0.138. The molecule has 2 aromatic rings. The summed E-state index contributed by atoms with van der Waals surface area (Å²) in [6, 6.07) is 7.60. The van der Waals surface area contributed by atoms with E-state index in [0.717, 1.165) is 30.7 Å². The summed E-state index contributed by atoms with van der Waals surface area (Å²) in [6.07, 6.45) is -7.88. The molecule has 1 aliphatic rings. The van der Waals surface area contributed by atoms with Crippen LogP contribution in [0.2, 0.25) is 19.1 Å². The molecule has 1 fully saturated rings. The molecule has 9 heteroatoms. The molecule has 1 atom stereocenters. The Morgan fingerprint density at radius 2 is 1.26 bits per heavy atom. The lowest BCUT2D eigenvalue weighted by atomic mass is 9.77. The highest BCUT2D eigenvalue weighted by Crippen LogP contribution is 2.46. The number of alkyl halides is 6. The van der Waals surface area contributed by atoms with Crippen LogP contribution in [0.1, 0.15) is 53.1 Å². The fraction of sp³-hybridized carbons (Fsp3) is 0.520. The Balaban J connectivity index is 2.43. The SMILES string of the molecule is CC[Si](C)(C)OC(c1cc(C)cc(C(F)(F)F)c1)(c1cc(C)cc(C(F)(F)F)c1)[C@H]1CCCN1. The summed E-state index contributed by atoms with van der Waals surface area (Å²) in [5.74, 6) is 0. The van der Waals surface area contributed by atoms with Crippen LogP contribution in [0.25, 0.3) is 0 Å². The molecule has 0 radical (unpaired) electrons. The zero-order chi connectivity index (χ0) is 25.5. The number of hydrogen-bond acceptors (Lipinski definition) is 2. The van der Waals surface area contributed by atoms with E-state index in [1.807, 2.05) is 20.0 Å². The van der Waals surface area contributed by atoms with Crippen LogP contribution < -0.4 is 5.32 Å². The molecule has 188 valence electrons. The third kappa shape index (κ3) is 5.52. The van der Waals surface area contributed by atoms with E-state index in [1.165, 1.54) is 0 Å². The molecule has 0 amide bonds. The van der Waals surface area contributed by atoms with E-state index in [2.05, 4.69) is 5.32 Å². The number of hydrogen-bond donors (Lipinski definition) is 1. The average molecular weight is 504 g/mol. The van der Waals surface area contributed by atoms with Crippen molar-refractivity contribution in [1.29, 1.82) is 0 Å². The highest BCUT2D eigenvalue weighted by Gasteiger charge is 2.49. The van der Waals surface area contributed by atoms with Crippen molar-refractivity contribution in [3.05, 3.63) is 69.8 Å². The molecule has 0 unspecified atom stereocenters. The van der Waals surface area contributed by atoms with Gasteiger partial charge in [0, 0.05) is 6.04 Å². The predicted molar refractivity (Wildman–Crippen MR) is 123 cm³/mol. The van der Waals surface area contributed by atoms with Crippen molar-refractivity contribution in [2.75, 3.05) is 6.54 Å². The molecule has 1 N–H and O–H groups in total. The smallest absolute Gasteiger partial charge is 0.402 e. The second-order valence-corrected chi connectivity index (χ2v) is 14.2. The number of rotatable bonds is 6. The summed E-state index contributed by atoms with van der Waals surface area (Å²) in [5, 5.41) is 3.33. The fourth-order valence-corrected chi connectivity index (χ4v) is 6.01. The van der Waals surface area contributed by atoms with Crippen LogP contribution in [-0.2, 0) is 22.4 Å². The number of halogens is 6. The van der Waals surface area contributed by atoms with Crippen LogP contribution in [0.3, 0.4) is 0 Å². The van der Waals surface area contributed by atoms with Crippen molar-refractivity contribution in [2.24, 2.45) is 0 Å². The van der Waals surface area contributed by atoms with E-state index in [9.17, 15) is 26.3 Å². The van der Waals surface area contributed by atoms with E-state index in [1.54, 1.807) is 26.0 Å². The normalized spacial score (nSPS) is 17.9. The van der Waals surface area contributed by atoms with Gasteiger partial charge in [0.1, 0.15) is 5.60 Å². The van der Waals surface area contributed by atoms with Gasteiger partial charge in [-0.15, -0.1) is 0 Å². The van der Waals surface area contributed by atoms with E-state index in [4.69, 9.17) is 4.43 Å². The second kappa shape index (κ2) is 9.31. The van der Waals surface area contributed by atoms with E-state index in [0.29, 0.717) is 30.1 Å². The molecule has 3 rings (SSSR count). The Kier molecular flexibility index (Phi) is 7.33. The van der Waals surface area contributed by atoms with Crippen LogP contribution >= 0.6 is 0 Å². The monoisotopic (exact) mass is 503 g/mol. The zero-order valence-corrected chi connectivity index (χ0v) is 21.0. The minimum atomic E-state index is -4.60. The van der Waals surface area contributed by atoms with Crippen molar-refractivity contribution in [2.45, 2.75) is 76.7 Å². The molecule has 2 aromatic carbocycles. The Hall–Kier alpha value is -1.84. The standard InChI is InChI=1S/C25H31F6NOSi/c1-6-34(4,5)33-23(22-8-7-9-32-22,18-10-16(2)12-20(14-18)24(26,27)28)19-11-17(3)13-21(15-19)25(29,30)31/h10-15,22,32H,6-9H2,1-5H3/t22-/m1/s1. The topological polar surface area (TPSA) is 21.3 Å². The van der Waals surface area contributed by atoms with Gasteiger partial charge < -0.3 is 9.74 Å². The number of nitrogens with one attached hydrogen (secondary N) is 1. The van der Waals surface area contributed by atoms with Crippen molar-refractivity contribution in [1.82, 2.24) is 5.32 Å². The second-order valence-electron chi connectivity index (χ2n) is 9.77. The van der Waals surface area contributed by atoms with Crippen LogP contribution in [0.5, 0.6) is 0 Å². The molecule has 2 nitrogen and oxygen atoms in total. The molecule has 0 aliphatic carbocycles. The van der Waals surface area contributed by atoms with Gasteiger partial charge in [0.2, 0.25) is 0 Å². The van der Waals surface area contributed by atoms with Gasteiger partial charge in [0.05, 0.1) is 11.1 Å². The van der Waals surface area contributed by atoms with Crippen molar-refractivity contribution in [3.8, 4) is 0 Å². The summed E-state index contributed by atoms with van der Waals surface area (Å²) in [6.45, 7) is 9.56. The van der Waals surface area contributed by atoms with Gasteiger partial charge in [-0.1, -0.05) is 30.2 Å². The molecule has 0 bridgehead atoms. The first-order valence-corrected chi connectivity index (χ1v) is 14.5. The average Bonchev–Trinajstić information content (AvgIpc) is 3.25. The summed E-state index contributed by atoms with van der Waals surface area (Å²) >= 11 is 0. The van der Waals surface area contributed by atoms with Gasteiger partial charge >= 0.3 is 12.4 Å². The molecule has 1 aliphatic heterocycles. The molecular weight excluding hydrogens is 472 g/mol. The quantitative estimate of drug-likeness (QED) is 0.324. The fourth-order valence-electron chi connectivity index (χ4n) is 4.62. The van der Waals surface area contributed by atoms with Crippen molar-refractivity contribution < 1.29 is 30.8 Å². The van der Waals surface area contributed by atoms with Gasteiger partial charge in [-0.25, -0.2) is 0 Å². The maximum Gasteiger partial charge on any atom is 0.416 e. The van der Waals surface area contributed by atoms with E-state index in [-0.39, 0.29) is 11.1 Å². The van der Waals surface area contributed by atoms with E-state index < -0.39 is 43.4 Å². The lowest BCUT2D eigenvalue weighted by Gasteiger charge is -2.46. The Labute approximate surface area is 197 Å². The predicted octanol–water partition coefficient (Wildman–Crippen LogP) is 7.58. The first-order valence-electron chi connectivity index (χ1n) is 11.4. The minimum Gasteiger partial charge on any atom is -0.402 e. The van der Waals surface area contributed by atoms with Gasteiger partial charge in [0.15, 0.2) is 8.32 Å².